The summed E-state index contributed by atoms with van der Waals surface area (Å²) in [5.74, 6) is -1.16. The van der Waals surface area contributed by atoms with Gasteiger partial charge in [-0.2, -0.15) is 0 Å². The van der Waals surface area contributed by atoms with E-state index in [4.69, 9.17) is 4.98 Å². The number of hydrogen-bond acceptors (Lipinski definition) is 4. The quantitative estimate of drug-likeness (QED) is 0.562. The van der Waals surface area contributed by atoms with Crippen LogP contribution in [0.2, 0.25) is 0 Å². The molecular weight excluding hydrogens is 361 g/mol. The molecule has 2 atom stereocenters. The molecule has 0 spiro atoms. The Morgan fingerprint density at radius 1 is 1.25 bits per heavy atom. The molecule has 1 unspecified atom stereocenters. The van der Waals surface area contributed by atoms with Crippen LogP contribution in [0.25, 0.3) is 33.5 Å². The van der Waals surface area contributed by atoms with Crippen LogP contribution in [0.4, 0.5) is 4.39 Å². The SMILES string of the molecule is O=C(O)[C@H]1CCCCC1n1ccc2cnc(-c3c[nH]c4ncc(F)cc34)nc21. The monoisotopic (exact) mass is 379 g/mol. The van der Waals surface area contributed by atoms with E-state index in [1.165, 1.54) is 6.07 Å². The van der Waals surface area contributed by atoms with Crippen molar-refractivity contribution in [3.05, 3.63) is 42.7 Å². The summed E-state index contributed by atoms with van der Waals surface area (Å²) in [4.78, 5) is 27.9. The van der Waals surface area contributed by atoms with Gasteiger partial charge in [0.2, 0.25) is 0 Å². The summed E-state index contributed by atoms with van der Waals surface area (Å²) in [5, 5.41) is 11.1. The summed E-state index contributed by atoms with van der Waals surface area (Å²) in [6.07, 6.45) is 9.90. The number of H-pyrrole nitrogens is 1. The molecule has 4 aromatic heterocycles. The third-order valence-electron chi connectivity index (χ3n) is 5.60. The lowest BCUT2D eigenvalue weighted by molar-refractivity contribution is -0.144. The van der Waals surface area contributed by atoms with Crippen molar-refractivity contribution >= 4 is 28.0 Å². The van der Waals surface area contributed by atoms with Gasteiger partial charge in [0.05, 0.1) is 12.1 Å². The summed E-state index contributed by atoms with van der Waals surface area (Å²) >= 11 is 0. The maximum atomic E-state index is 13.7. The first kappa shape index (κ1) is 16.9. The lowest BCUT2D eigenvalue weighted by Crippen LogP contribution is -2.29. The normalized spacial score (nSPS) is 20.0. The largest absolute Gasteiger partial charge is 0.481 e. The second-order valence-corrected chi connectivity index (χ2v) is 7.24. The molecular formula is C20H18FN5O2. The van der Waals surface area contributed by atoms with Crippen LogP contribution in [0.3, 0.4) is 0 Å². The Hall–Kier alpha value is -3.29. The van der Waals surface area contributed by atoms with Gasteiger partial charge < -0.3 is 14.7 Å². The Morgan fingerprint density at radius 3 is 2.96 bits per heavy atom. The molecule has 7 nitrogen and oxygen atoms in total. The highest BCUT2D eigenvalue weighted by Gasteiger charge is 2.32. The molecule has 0 radical (unpaired) electrons. The molecule has 0 aromatic carbocycles. The number of pyridine rings is 1. The lowest BCUT2D eigenvalue weighted by Gasteiger charge is -2.30. The van der Waals surface area contributed by atoms with Gasteiger partial charge in [0.1, 0.15) is 17.1 Å². The van der Waals surface area contributed by atoms with Gasteiger partial charge in [-0.15, -0.1) is 0 Å². The number of nitrogens with one attached hydrogen (secondary N) is 1. The number of carboxylic acids is 1. The second-order valence-electron chi connectivity index (χ2n) is 7.24. The number of nitrogens with zero attached hydrogens (tertiary/aromatic N) is 4. The standard InChI is InChI=1S/C20H18FN5O2/c21-12-7-14-15(10-24-17(14)23-9-12)18-22-8-11-5-6-26(19(11)25-18)16-4-2-1-3-13(16)20(27)28/h5-10,13,16H,1-4H2,(H,23,24)(H,27,28)/t13-,16?/m0/s1. The van der Waals surface area contributed by atoms with E-state index in [0.29, 0.717) is 34.5 Å². The third-order valence-corrected chi connectivity index (χ3v) is 5.60. The average molecular weight is 379 g/mol. The number of aromatic nitrogens is 5. The first-order valence-corrected chi connectivity index (χ1v) is 9.31. The molecule has 5 rings (SSSR count). The van der Waals surface area contributed by atoms with E-state index >= 15 is 0 Å². The van der Waals surface area contributed by atoms with Crippen molar-refractivity contribution in [1.82, 2.24) is 24.5 Å². The fourth-order valence-electron chi connectivity index (χ4n) is 4.23. The Bertz CT molecular complexity index is 1200. The van der Waals surface area contributed by atoms with Crippen molar-refractivity contribution in [1.29, 1.82) is 0 Å². The number of aliphatic carboxylic acids is 1. The molecule has 0 amide bonds. The van der Waals surface area contributed by atoms with Crippen molar-refractivity contribution in [3.63, 3.8) is 0 Å². The number of hydrogen-bond donors (Lipinski definition) is 2. The molecule has 2 N–H and O–H groups in total. The minimum atomic E-state index is -0.765. The summed E-state index contributed by atoms with van der Waals surface area (Å²) in [7, 11) is 0. The Labute approximate surface area is 159 Å². The molecule has 1 aliphatic carbocycles. The smallest absolute Gasteiger partial charge is 0.308 e. The van der Waals surface area contributed by atoms with Crippen LogP contribution in [0.5, 0.6) is 0 Å². The molecule has 8 heteroatoms. The highest BCUT2D eigenvalue weighted by molar-refractivity contribution is 5.92. The Balaban J connectivity index is 1.64. The second kappa shape index (κ2) is 6.40. The topological polar surface area (TPSA) is 96.7 Å². The van der Waals surface area contributed by atoms with E-state index in [-0.39, 0.29) is 6.04 Å². The van der Waals surface area contributed by atoms with E-state index in [1.807, 2.05) is 16.8 Å². The molecule has 1 fully saturated rings. The zero-order chi connectivity index (χ0) is 19.3. The first-order valence-electron chi connectivity index (χ1n) is 9.31. The molecule has 4 aromatic rings. The van der Waals surface area contributed by atoms with Crippen LogP contribution in [-0.2, 0) is 4.79 Å². The third kappa shape index (κ3) is 2.64. The van der Waals surface area contributed by atoms with Crippen LogP contribution >= 0.6 is 0 Å². The van der Waals surface area contributed by atoms with Crippen molar-refractivity contribution in [2.24, 2.45) is 5.92 Å². The number of halogens is 1. The van der Waals surface area contributed by atoms with Crippen LogP contribution in [0, 0.1) is 11.7 Å². The van der Waals surface area contributed by atoms with Gasteiger partial charge in [-0.3, -0.25) is 4.79 Å². The van der Waals surface area contributed by atoms with E-state index in [9.17, 15) is 14.3 Å². The maximum absolute atomic E-state index is 13.7. The molecule has 28 heavy (non-hydrogen) atoms. The predicted octanol–water partition coefficient (Wildman–Crippen LogP) is 3.93. The summed E-state index contributed by atoms with van der Waals surface area (Å²) in [5.41, 5.74) is 1.92. The summed E-state index contributed by atoms with van der Waals surface area (Å²) in [6.45, 7) is 0. The van der Waals surface area contributed by atoms with Crippen molar-refractivity contribution in [2.45, 2.75) is 31.7 Å². The number of carbonyl (C=O) groups is 1. The van der Waals surface area contributed by atoms with E-state index in [0.717, 1.165) is 30.8 Å². The lowest BCUT2D eigenvalue weighted by atomic mass is 9.84. The van der Waals surface area contributed by atoms with Gasteiger partial charge in [0.15, 0.2) is 5.82 Å². The molecule has 0 saturated heterocycles. The number of aromatic amines is 1. The number of carboxylic acid groups (broad SMARTS) is 1. The number of rotatable bonds is 3. The fourth-order valence-corrected chi connectivity index (χ4v) is 4.23. The zero-order valence-corrected chi connectivity index (χ0v) is 15.0. The Kier molecular flexibility index (Phi) is 3.85. The summed E-state index contributed by atoms with van der Waals surface area (Å²) < 4.78 is 15.6. The zero-order valence-electron chi connectivity index (χ0n) is 15.0. The predicted molar refractivity (Wildman–Crippen MR) is 101 cm³/mol. The van der Waals surface area contributed by atoms with Crippen molar-refractivity contribution in [3.8, 4) is 11.4 Å². The molecule has 1 aliphatic rings. The van der Waals surface area contributed by atoms with Crippen molar-refractivity contribution < 1.29 is 14.3 Å². The van der Waals surface area contributed by atoms with Gasteiger partial charge in [-0.05, 0) is 25.0 Å². The van der Waals surface area contributed by atoms with Crippen LogP contribution < -0.4 is 0 Å². The first-order chi connectivity index (χ1) is 13.6. The van der Waals surface area contributed by atoms with Gasteiger partial charge in [0.25, 0.3) is 0 Å². The van der Waals surface area contributed by atoms with E-state index < -0.39 is 17.7 Å². The van der Waals surface area contributed by atoms with Gasteiger partial charge in [-0.25, -0.2) is 19.3 Å². The molecule has 4 heterocycles. The van der Waals surface area contributed by atoms with Crippen molar-refractivity contribution in [2.75, 3.05) is 0 Å². The maximum Gasteiger partial charge on any atom is 0.308 e. The average Bonchev–Trinajstić information content (AvgIpc) is 3.31. The minimum Gasteiger partial charge on any atom is -0.481 e. The summed E-state index contributed by atoms with van der Waals surface area (Å²) in [6, 6.07) is 3.18. The van der Waals surface area contributed by atoms with Crippen LogP contribution in [-0.4, -0.2) is 35.6 Å². The van der Waals surface area contributed by atoms with Crippen LogP contribution in [0.15, 0.2) is 36.9 Å². The highest BCUT2D eigenvalue weighted by Crippen LogP contribution is 2.36. The molecule has 0 bridgehead atoms. The van der Waals surface area contributed by atoms with Gasteiger partial charge >= 0.3 is 5.97 Å². The van der Waals surface area contributed by atoms with Gasteiger partial charge in [-0.1, -0.05) is 12.8 Å². The van der Waals surface area contributed by atoms with E-state index in [1.54, 1.807) is 12.4 Å². The number of fused-ring (bicyclic) bond motifs is 2. The highest BCUT2D eigenvalue weighted by atomic mass is 19.1. The Morgan fingerprint density at radius 2 is 2.11 bits per heavy atom. The molecule has 1 saturated carbocycles. The fraction of sp³-hybridized carbons (Fsp3) is 0.300. The van der Waals surface area contributed by atoms with Crippen LogP contribution in [0.1, 0.15) is 31.7 Å². The minimum absolute atomic E-state index is 0.131. The molecule has 142 valence electrons. The van der Waals surface area contributed by atoms with E-state index in [2.05, 4.69) is 15.0 Å². The molecule has 0 aliphatic heterocycles. The van der Waals surface area contributed by atoms with Gasteiger partial charge in [0, 0.05) is 41.0 Å².